The van der Waals surface area contributed by atoms with Gasteiger partial charge >= 0.3 is 0 Å². The second kappa shape index (κ2) is 8.30. The largest absolute Gasteiger partial charge is 0.350 e. The second-order valence-corrected chi connectivity index (χ2v) is 8.98. The number of anilines is 1. The van der Waals surface area contributed by atoms with Crippen molar-refractivity contribution in [2.75, 3.05) is 5.32 Å². The molecule has 8 heteroatoms. The van der Waals surface area contributed by atoms with Crippen molar-refractivity contribution in [3.63, 3.8) is 0 Å². The second-order valence-electron chi connectivity index (χ2n) is 8.54. The molecule has 1 aliphatic carbocycles. The van der Waals surface area contributed by atoms with Crippen LogP contribution in [0.3, 0.4) is 0 Å². The first-order valence-corrected chi connectivity index (χ1v) is 10.8. The Hall–Kier alpha value is -2.93. The van der Waals surface area contributed by atoms with E-state index >= 15 is 0 Å². The number of carbonyl (C=O) groups excluding carboxylic acids is 2. The molecular formula is C23H25ClN4O3. The van der Waals surface area contributed by atoms with Crippen LogP contribution in [-0.4, -0.2) is 28.0 Å². The summed E-state index contributed by atoms with van der Waals surface area (Å²) < 4.78 is 5.47. The van der Waals surface area contributed by atoms with E-state index in [4.69, 9.17) is 16.1 Å². The van der Waals surface area contributed by atoms with Gasteiger partial charge in [0.1, 0.15) is 0 Å². The van der Waals surface area contributed by atoms with Crippen LogP contribution in [0.5, 0.6) is 0 Å². The number of nitrogens with zero attached hydrogens (tertiary/aromatic N) is 2. The zero-order valence-corrected chi connectivity index (χ0v) is 18.7. The van der Waals surface area contributed by atoms with Gasteiger partial charge in [0, 0.05) is 22.7 Å². The van der Waals surface area contributed by atoms with Crippen molar-refractivity contribution in [3.05, 3.63) is 51.8 Å². The van der Waals surface area contributed by atoms with E-state index in [0.29, 0.717) is 44.5 Å². The molecule has 3 aromatic rings. The van der Waals surface area contributed by atoms with E-state index in [1.54, 1.807) is 18.2 Å². The first-order chi connectivity index (χ1) is 14.7. The first kappa shape index (κ1) is 21.3. The van der Waals surface area contributed by atoms with Gasteiger partial charge in [-0.1, -0.05) is 30.6 Å². The van der Waals surface area contributed by atoms with E-state index in [1.807, 2.05) is 33.8 Å². The maximum Gasteiger partial charge on any atom is 0.259 e. The summed E-state index contributed by atoms with van der Waals surface area (Å²) in [6.07, 6.45) is 2.08. The van der Waals surface area contributed by atoms with Crippen LogP contribution in [0.25, 0.3) is 11.1 Å². The quantitative estimate of drug-likeness (QED) is 0.544. The van der Waals surface area contributed by atoms with Crippen molar-refractivity contribution >= 4 is 40.2 Å². The van der Waals surface area contributed by atoms with Crippen LogP contribution in [0.2, 0.25) is 5.02 Å². The summed E-state index contributed by atoms with van der Waals surface area (Å²) in [7, 11) is 0. The number of aromatic nitrogens is 2. The molecule has 1 aliphatic rings. The SMILES string of the molecule is CC(C)NC(=O)c1ccc(Cl)cc1NC(=O)c1cc(C2CC2)nc2onc(C(C)C)c12. The number of halogens is 1. The van der Waals surface area contributed by atoms with Gasteiger partial charge in [-0.25, -0.2) is 4.98 Å². The average molecular weight is 441 g/mol. The van der Waals surface area contributed by atoms with Gasteiger partial charge in [-0.15, -0.1) is 0 Å². The summed E-state index contributed by atoms with van der Waals surface area (Å²) >= 11 is 6.16. The first-order valence-electron chi connectivity index (χ1n) is 10.5. The molecule has 162 valence electrons. The third-order valence-electron chi connectivity index (χ3n) is 5.17. The minimum absolute atomic E-state index is 0.0433. The fraction of sp³-hybridized carbons (Fsp3) is 0.391. The van der Waals surface area contributed by atoms with E-state index in [-0.39, 0.29) is 23.8 Å². The van der Waals surface area contributed by atoms with Crippen molar-refractivity contribution in [2.24, 2.45) is 0 Å². The number of nitrogens with one attached hydrogen (secondary N) is 2. The predicted octanol–water partition coefficient (Wildman–Crippen LogP) is 5.27. The van der Waals surface area contributed by atoms with Gasteiger partial charge in [0.15, 0.2) is 0 Å². The maximum absolute atomic E-state index is 13.4. The molecule has 0 unspecified atom stereocenters. The number of hydrogen-bond acceptors (Lipinski definition) is 5. The van der Waals surface area contributed by atoms with Crippen LogP contribution < -0.4 is 10.6 Å². The minimum Gasteiger partial charge on any atom is -0.350 e. The van der Waals surface area contributed by atoms with Crippen LogP contribution in [0.4, 0.5) is 5.69 Å². The third-order valence-corrected chi connectivity index (χ3v) is 5.41. The number of rotatable bonds is 6. The smallest absolute Gasteiger partial charge is 0.259 e. The van der Waals surface area contributed by atoms with Gasteiger partial charge in [-0.3, -0.25) is 9.59 Å². The zero-order chi connectivity index (χ0) is 22.3. The molecule has 2 aromatic heterocycles. The lowest BCUT2D eigenvalue weighted by atomic mass is 10.0. The number of fused-ring (bicyclic) bond motifs is 1. The summed E-state index contributed by atoms with van der Waals surface area (Å²) in [6, 6.07) is 6.58. The highest BCUT2D eigenvalue weighted by molar-refractivity contribution is 6.31. The Morgan fingerprint density at radius 2 is 1.84 bits per heavy atom. The molecule has 2 heterocycles. The molecule has 0 radical (unpaired) electrons. The number of pyridine rings is 1. The van der Waals surface area contributed by atoms with Crippen LogP contribution in [0.15, 0.2) is 28.8 Å². The molecule has 0 saturated heterocycles. The molecule has 7 nitrogen and oxygen atoms in total. The van der Waals surface area contributed by atoms with E-state index in [1.165, 1.54) is 0 Å². The van der Waals surface area contributed by atoms with Gasteiger partial charge in [-0.2, -0.15) is 0 Å². The zero-order valence-electron chi connectivity index (χ0n) is 18.0. The minimum atomic E-state index is -0.361. The summed E-state index contributed by atoms with van der Waals surface area (Å²) in [5, 5.41) is 10.9. The summed E-state index contributed by atoms with van der Waals surface area (Å²) in [4.78, 5) is 30.6. The highest BCUT2D eigenvalue weighted by Gasteiger charge is 2.30. The Balaban J connectivity index is 1.76. The van der Waals surface area contributed by atoms with Gasteiger partial charge in [0.2, 0.25) is 0 Å². The Bertz CT molecular complexity index is 1170. The van der Waals surface area contributed by atoms with Crippen molar-refractivity contribution in [1.82, 2.24) is 15.5 Å². The number of carbonyl (C=O) groups is 2. The Kier molecular flexibility index (Phi) is 5.71. The molecular weight excluding hydrogens is 416 g/mol. The van der Waals surface area contributed by atoms with Crippen LogP contribution in [-0.2, 0) is 0 Å². The lowest BCUT2D eigenvalue weighted by Gasteiger charge is -2.14. The standard InChI is InChI=1S/C23H25ClN4O3/c1-11(2)20-19-16(10-17(13-5-6-13)27-23(19)31-28-20)22(30)26-18-9-14(24)7-8-15(18)21(29)25-12(3)4/h7-13H,5-6H2,1-4H3,(H,25,29)(H,26,30). The molecule has 1 aromatic carbocycles. The van der Waals surface area contributed by atoms with Gasteiger partial charge in [-0.05, 0) is 56.9 Å². The summed E-state index contributed by atoms with van der Waals surface area (Å²) in [6.45, 7) is 7.72. The van der Waals surface area contributed by atoms with Crippen molar-refractivity contribution < 1.29 is 14.1 Å². The Labute approximate surface area is 185 Å². The van der Waals surface area contributed by atoms with Crippen LogP contribution in [0, 0.1) is 0 Å². The van der Waals surface area contributed by atoms with Gasteiger partial charge in [0.25, 0.3) is 17.5 Å². The molecule has 0 bridgehead atoms. The molecule has 0 spiro atoms. The van der Waals surface area contributed by atoms with E-state index in [2.05, 4.69) is 20.8 Å². The van der Waals surface area contributed by atoms with Crippen LogP contribution >= 0.6 is 11.6 Å². The van der Waals surface area contributed by atoms with E-state index in [0.717, 1.165) is 18.5 Å². The number of benzene rings is 1. The molecule has 1 fully saturated rings. The Morgan fingerprint density at radius 3 is 2.48 bits per heavy atom. The summed E-state index contributed by atoms with van der Waals surface area (Å²) in [5.74, 6) is -0.254. The third kappa shape index (κ3) is 4.42. The number of amides is 2. The average Bonchev–Trinajstić information content (AvgIpc) is 3.45. The lowest BCUT2D eigenvalue weighted by Crippen LogP contribution is -2.31. The molecule has 2 N–H and O–H groups in total. The maximum atomic E-state index is 13.4. The van der Waals surface area contributed by atoms with E-state index in [9.17, 15) is 9.59 Å². The normalized spacial score (nSPS) is 13.8. The summed E-state index contributed by atoms with van der Waals surface area (Å²) in [5.41, 5.74) is 2.99. The monoisotopic (exact) mass is 440 g/mol. The van der Waals surface area contributed by atoms with Crippen LogP contribution in [0.1, 0.15) is 84.5 Å². The molecule has 2 amide bonds. The van der Waals surface area contributed by atoms with Gasteiger partial charge in [0.05, 0.1) is 27.9 Å². The Morgan fingerprint density at radius 1 is 1.10 bits per heavy atom. The predicted molar refractivity (Wildman–Crippen MR) is 120 cm³/mol. The molecule has 1 saturated carbocycles. The van der Waals surface area contributed by atoms with Crippen molar-refractivity contribution in [1.29, 1.82) is 0 Å². The fourth-order valence-corrected chi connectivity index (χ4v) is 3.67. The highest BCUT2D eigenvalue weighted by Crippen LogP contribution is 2.41. The van der Waals surface area contributed by atoms with Crippen molar-refractivity contribution in [3.8, 4) is 0 Å². The fourth-order valence-electron chi connectivity index (χ4n) is 3.50. The van der Waals surface area contributed by atoms with E-state index < -0.39 is 0 Å². The number of hydrogen-bond donors (Lipinski definition) is 2. The lowest BCUT2D eigenvalue weighted by molar-refractivity contribution is 0.0944. The molecule has 0 atom stereocenters. The highest BCUT2D eigenvalue weighted by atomic mass is 35.5. The van der Waals surface area contributed by atoms with Gasteiger partial charge < -0.3 is 15.2 Å². The topological polar surface area (TPSA) is 97.1 Å². The molecule has 4 rings (SSSR count). The molecule has 31 heavy (non-hydrogen) atoms. The van der Waals surface area contributed by atoms with Crippen molar-refractivity contribution in [2.45, 2.75) is 58.4 Å². The molecule has 0 aliphatic heterocycles.